The van der Waals surface area contributed by atoms with Crippen molar-refractivity contribution in [1.82, 2.24) is 9.80 Å². The summed E-state index contributed by atoms with van der Waals surface area (Å²) in [5, 5.41) is 2.95. The first-order valence-corrected chi connectivity index (χ1v) is 8.73. The molecule has 1 amide bonds. The predicted molar refractivity (Wildman–Crippen MR) is 100 cm³/mol. The first kappa shape index (κ1) is 17.5. The van der Waals surface area contributed by atoms with Crippen LogP contribution in [0.5, 0.6) is 11.5 Å². The number of carbonyl (C=O) groups is 1. The number of amides is 1. The molecular formula is C20H25N3O2. The van der Waals surface area contributed by atoms with Crippen LogP contribution in [0, 0.1) is 0 Å². The van der Waals surface area contributed by atoms with E-state index in [-0.39, 0.29) is 5.91 Å². The molecular weight excluding hydrogens is 314 g/mol. The van der Waals surface area contributed by atoms with Gasteiger partial charge in [-0.2, -0.15) is 0 Å². The topological polar surface area (TPSA) is 44.8 Å². The van der Waals surface area contributed by atoms with Gasteiger partial charge in [0.1, 0.15) is 11.5 Å². The van der Waals surface area contributed by atoms with Gasteiger partial charge < -0.3 is 19.9 Å². The van der Waals surface area contributed by atoms with E-state index < -0.39 is 0 Å². The van der Waals surface area contributed by atoms with Crippen LogP contribution in [0.2, 0.25) is 0 Å². The molecule has 3 rings (SSSR count). The van der Waals surface area contributed by atoms with Crippen molar-refractivity contribution in [2.24, 2.45) is 0 Å². The van der Waals surface area contributed by atoms with E-state index in [4.69, 9.17) is 4.74 Å². The molecule has 0 bridgehead atoms. The third-order valence-corrected chi connectivity index (χ3v) is 4.37. The van der Waals surface area contributed by atoms with Gasteiger partial charge in [-0.1, -0.05) is 18.2 Å². The Kier molecular flexibility index (Phi) is 6.04. The molecule has 0 saturated carbocycles. The van der Waals surface area contributed by atoms with Crippen LogP contribution >= 0.6 is 0 Å². The lowest BCUT2D eigenvalue weighted by Crippen LogP contribution is -2.45. The molecule has 5 heteroatoms. The monoisotopic (exact) mass is 339 g/mol. The second-order valence-electron chi connectivity index (χ2n) is 6.38. The Morgan fingerprint density at radius 2 is 1.60 bits per heavy atom. The van der Waals surface area contributed by atoms with Crippen LogP contribution in [-0.4, -0.2) is 55.5 Å². The van der Waals surface area contributed by atoms with Crippen LogP contribution in [0.4, 0.5) is 5.69 Å². The zero-order valence-electron chi connectivity index (χ0n) is 14.6. The van der Waals surface area contributed by atoms with E-state index in [1.54, 1.807) is 0 Å². The number of likely N-dealkylation sites (N-methyl/N-ethyl adjacent to an activating group) is 1. The maximum atomic E-state index is 12.1. The van der Waals surface area contributed by atoms with Crippen molar-refractivity contribution in [2.45, 2.75) is 6.42 Å². The predicted octanol–water partition coefficient (Wildman–Crippen LogP) is 3.05. The summed E-state index contributed by atoms with van der Waals surface area (Å²) in [6, 6.07) is 17.1. The van der Waals surface area contributed by atoms with Crippen LogP contribution < -0.4 is 10.1 Å². The summed E-state index contributed by atoms with van der Waals surface area (Å²) in [7, 11) is 2.13. The zero-order chi connectivity index (χ0) is 17.5. The molecule has 1 heterocycles. The molecule has 25 heavy (non-hydrogen) atoms. The average Bonchev–Trinajstić information content (AvgIpc) is 2.64. The Morgan fingerprint density at radius 1 is 0.960 bits per heavy atom. The number of ether oxygens (including phenoxy) is 1. The van der Waals surface area contributed by atoms with E-state index in [2.05, 4.69) is 22.2 Å². The number of anilines is 1. The molecule has 1 N–H and O–H groups in total. The number of hydrogen-bond donors (Lipinski definition) is 1. The molecule has 2 aromatic carbocycles. The van der Waals surface area contributed by atoms with Gasteiger partial charge in [-0.25, -0.2) is 0 Å². The zero-order valence-corrected chi connectivity index (χ0v) is 14.6. The lowest BCUT2D eigenvalue weighted by atomic mass is 10.2. The van der Waals surface area contributed by atoms with Gasteiger partial charge in [0.15, 0.2) is 0 Å². The molecule has 1 fully saturated rings. The van der Waals surface area contributed by atoms with E-state index in [0.29, 0.717) is 6.42 Å². The molecule has 5 nitrogen and oxygen atoms in total. The number of hydrogen-bond acceptors (Lipinski definition) is 4. The smallest absolute Gasteiger partial charge is 0.225 e. The van der Waals surface area contributed by atoms with Gasteiger partial charge >= 0.3 is 0 Å². The Balaban J connectivity index is 1.44. The van der Waals surface area contributed by atoms with E-state index in [0.717, 1.165) is 49.9 Å². The average molecular weight is 339 g/mol. The van der Waals surface area contributed by atoms with Gasteiger partial charge in [-0.3, -0.25) is 4.79 Å². The van der Waals surface area contributed by atoms with Crippen molar-refractivity contribution in [3.05, 3.63) is 54.6 Å². The highest BCUT2D eigenvalue weighted by Gasteiger charge is 2.14. The van der Waals surface area contributed by atoms with Crippen LogP contribution in [-0.2, 0) is 4.79 Å². The number of nitrogens with one attached hydrogen (secondary N) is 1. The highest BCUT2D eigenvalue weighted by Crippen LogP contribution is 2.22. The fourth-order valence-electron chi connectivity index (χ4n) is 2.79. The lowest BCUT2D eigenvalue weighted by molar-refractivity contribution is -0.116. The molecule has 0 unspecified atom stereocenters. The molecule has 1 saturated heterocycles. The quantitative estimate of drug-likeness (QED) is 0.878. The van der Waals surface area contributed by atoms with Crippen LogP contribution in [0.15, 0.2) is 54.6 Å². The number of para-hydroxylation sites is 1. The minimum absolute atomic E-state index is 0.0515. The lowest BCUT2D eigenvalue weighted by Gasteiger charge is -2.32. The Hall–Kier alpha value is -2.37. The van der Waals surface area contributed by atoms with E-state index in [1.807, 2.05) is 54.6 Å². The van der Waals surface area contributed by atoms with Crippen molar-refractivity contribution in [1.29, 1.82) is 0 Å². The molecule has 132 valence electrons. The third kappa shape index (κ3) is 5.59. The SMILES string of the molecule is CN1CCN(CCC(=O)Nc2ccc(Oc3ccccc3)cc2)CC1. The highest BCUT2D eigenvalue weighted by atomic mass is 16.5. The second-order valence-corrected chi connectivity index (χ2v) is 6.38. The van der Waals surface area contributed by atoms with Crippen LogP contribution in [0.3, 0.4) is 0 Å². The number of piperazine rings is 1. The first-order valence-electron chi connectivity index (χ1n) is 8.73. The molecule has 0 spiro atoms. The fourth-order valence-corrected chi connectivity index (χ4v) is 2.79. The van der Waals surface area contributed by atoms with E-state index in [9.17, 15) is 4.79 Å². The first-order chi connectivity index (χ1) is 12.2. The summed E-state index contributed by atoms with van der Waals surface area (Å²) < 4.78 is 5.75. The Bertz CT molecular complexity index is 665. The Morgan fingerprint density at radius 3 is 2.28 bits per heavy atom. The summed E-state index contributed by atoms with van der Waals surface area (Å²) in [4.78, 5) is 16.8. The molecule has 0 atom stereocenters. The number of carbonyl (C=O) groups excluding carboxylic acids is 1. The van der Waals surface area contributed by atoms with Crippen LogP contribution in [0.1, 0.15) is 6.42 Å². The van der Waals surface area contributed by atoms with Crippen LogP contribution in [0.25, 0.3) is 0 Å². The maximum absolute atomic E-state index is 12.1. The van der Waals surface area contributed by atoms with E-state index in [1.165, 1.54) is 0 Å². The molecule has 0 radical (unpaired) electrons. The third-order valence-electron chi connectivity index (χ3n) is 4.37. The molecule has 1 aliphatic heterocycles. The molecule has 1 aliphatic rings. The fraction of sp³-hybridized carbons (Fsp3) is 0.350. The summed E-state index contributed by atoms with van der Waals surface area (Å²) in [6.07, 6.45) is 0.520. The number of benzene rings is 2. The Labute approximate surface area is 149 Å². The number of nitrogens with zero attached hydrogens (tertiary/aromatic N) is 2. The summed E-state index contributed by atoms with van der Waals surface area (Å²) in [5.74, 6) is 1.60. The highest BCUT2D eigenvalue weighted by molar-refractivity contribution is 5.90. The van der Waals surface area contributed by atoms with Crippen molar-refractivity contribution in [2.75, 3.05) is 45.1 Å². The molecule has 2 aromatic rings. The van der Waals surface area contributed by atoms with Gasteiger partial charge in [0.2, 0.25) is 5.91 Å². The minimum atomic E-state index is 0.0515. The molecule has 0 aromatic heterocycles. The summed E-state index contributed by atoms with van der Waals surface area (Å²) in [5.41, 5.74) is 0.795. The normalized spacial score (nSPS) is 15.7. The van der Waals surface area contributed by atoms with Gasteiger partial charge in [0, 0.05) is 44.8 Å². The maximum Gasteiger partial charge on any atom is 0.225 e. The standard InChI is InChI=1S/C20H25N3O2/c1-22-13-15-23(16-14-22)12-11-20(24)21-17-7-9-19(10-8-17)25-18-5-3-2-4-6-18/h2-10H,11-16H2,1H3,(H,21,24). The van der Waals surface area contributed by atoms with Gasteiger partial charge in [-0.05, 0) is 43.4 Å². The molecule has 0 aliphatic carbocycles. The van der Waals surface area contributed by atoms with Gasteiger partial charge in [0.05, 0.1) is 0 Å². The van der Waals surface area contributed by atoms with Crippen molar-refractivity contribution in [3.63, 3.8) is 0 Å². The van der Waals surface area contributed by atoms with Crippen molar-refractivity contribution in [3.8, 4) is 11.5 Å². The number of rotatable bonds is 6. The van der Waals surface area contributed by atoms with Gasteiger partial charge in [-0.15, -0.1) is 0 Å². The van der Waals surface area contributed by atoms with Gasteiger partial charge in [0.25, 0.3) is 0 Å². The van der Waals surface area contributed by atoms with Crippen molar-refractivity contribution >= 4 is 11.6 Å². The largest absolute Gasteiger partial charge is 0.457 e. The minimum Gasteiger partial charge on any atom is -0.457 e. The van der Waals surface area contributed by atoms with E-state index >= 15 is 0 Å². The van der Waals surface area contributed by atoms with Crippen molar-refractivity contribution < 1.29 is 9.53 Å². The second kappa shape index (κ2) is 8.65. The summed E-state index contributed by atoms with van der Waals surface area (Å²) in [6.45, 7) is 5.04. The summed E-state index contributed by atoms with van der Waals surface area (Å²) >= 11 is 0.